The summed E-state index contributed by atoms with van der Waals surface area (Å²) in [5.41, 5.74) is 1.25. The standard InChI is InChI=1S/C20H28N2O3/c1-20(2,3)18(19(25)22-11-7-10-17(22)14-24)21(4)12-15-8-5-6-9-16(15)13-23/h5-6,8-9,13-14,17-18H,7,10-12H2,1-4H3. The quantitative estimate of drug-likeness (QED) is 0.744. The minimum atomic E-state index is -0.368. The number of benzene rings is 1. The van der Waals surface area contributed by atoms with Crippen molar-refractivity contribution in [2.24, 2.45) is 5.41 Å². The van der Waals surface area contributed by atoms with Crippen LogP contribution in [-0.4, -0.2) is 54.0 Å². The lowest BCUT2D eigenvalue weighted by molar-refractivity contribution is -0.143. The first kappa shape index (κ1) is 19.3. The highest BCUT2D eigenvalue weighted by Crippen LogP contribution is 2.29. The molecule has 1 aromatic rings. The van der Waals surface area contributed by atoms with Crippen LogP contribution in [0.3, 0.4) is 0 Å². The van der Waals surface area contributed by atoms with Crippen molar-refractivity contribution in [3.8, 4) is 0 Å². The van der Waals surface area contributed by atoms with Gasteiger partial charge in [0, 0.05) is 18.7 Å². The topological polar surface area (TPSA) is 57.7 Å². The second-order valence-electron chi connectivity index (χ2n) is 7.88. The number of nitrogens with zero attached hydrogens (tertiary/aromatic N) is 2. The highest BCUT2D eigenvalue weighted by atomic mass is 16.2. The van der Waals surface area contributed by atoms with Crippen LogP contribution in [0.5, 0.6) is 0 Å². The van der Waals surface area contributed by atoms with Crippen LogP contribution in [0.4, 0.5) is 0 Å². The fourth-order valence-corrected chi connectivity index (χ4v) is 3.74. The van der Waals surface area contributed by atoms with E-state index in [1.165, 1.54) is 0 Å². The fourth-order valence-electron chi connectivity index (χ4n) is 3.74. The van der Waals surface area contributed by atoms with Crippen LogP contribution in [0.25, 0.3) is 0 Å². The van der Waals surface area contributed by atoms with Crippen molar-refractivity contribution in [1.29, 1.82) is 0 Å². The summed E-state index contributed by atoms with van der Waals surface area (Å²) >= 11 is 0. The maximum absolute atomic E-state index is 13.2. The highest BCUT2D eigenvalue weighted by Gasteiger charge is 2.40. The predicted molar refractivity (Wildman–Crippen MR) is 97.3 cm³/mol. The number of carbonyl (C=O) groups excluding carboxylic acids is 3. The van der Waals surface area contributed by atoms with Crippen LogP contribution in [0, 0.1) is 5.41 Å². The Morgan fingerprint density at radius 2 is 2.00 bits per heavy atom. The van der Waals surface area contributed by atoms with E-state index in [-0.39, 0.29) is 23.4 Å². The average Bonchev–Trinajstić information content (AvgIpc) is 3.02. The molecule has 0 spiro atoms. The lowest BCUT2D eigenvalue weighted by Gasteiger charge is -2.40. The average molecular weight is 344 g/mol. The zero-order valence-electron chi connectivity index (χ0n) is 15.6. The van der Waals surface area contributed by atoms with Gasteiger partial charge in [-0.05, 0) is 30.9 Å². The van der Waals surface area contributed by atoms with Gasteiger partial charge in [0.15, 0.2) is 0 Å². The Bertz CT molecular complexity index is 636. The van der Waals surface area contributed by atoms with Crippen molar-refractivity contribution in [1.82, 2.24) is 9.80 Å². The molecule has 2 rings (SSSR count). The summed E-state index contributed by atoms with van der Waals surface area (Å²) < 4.78 is 0. The minimum Gasteiger partial charge on any atom is -0.332 e. The molecule has 5 heteroatoms. The van der Waals surface area contributed by atoms with E-state index in [9.17, 15) is 14.4 Å². The van der Waals surface area contributed by atoms with Crippen LogP contribution >= 0.6 is 0 Å². The first-order valence-electron chi connectivity index (χ1n) is 8.78. The molecule has 136 valence electrons. The van der Waals surface area contributed by atoms with Gasteiger partial charge in [-0.25, -0.2) is 0 Å². The van der Waals surface area contributed by atoms with E-state index in [2.05, 4.69) is 0 Å². The Hall–Kier alpha value is -2.01. The molecule has 0 saturated carbocycles. The molecule has 0 aromatic heterocycles. The number of likely N-dealkylation sites (N-methyl/N-ethyl adjacent to an activating group) is 1. The molecule has 1 heterocycles. The molecule has 0 aliphatic carbocycles. The van der Waals surface area contributed by atoms with E-state index < -0.39 is 0 Å². The Morgan fingerprint density at radius 3 is 2.60 bits per heavy atom. The second kappa shape index (κ2) is 7.91. The molecule has 1 saturated heterocycles. The molecule has 1 fully saturated rings. The van der Waals surface area contributed by atoms with E-state index in [1.807, 2.05) is 50.9 Å². The molecular formula is C20H28N2O3. The third kappa shape index (κ3) is 4.34. The summed E-state index contributed by atoms with van der Waals surface area (Å²) in [6.45, 7) is 7.23. The summed E-state index contributed by atoms with van der Waals surface area (Å²) in [5, 5.41) is 0. The van der Waals surface area contributed by atoms with E-state index in [4.69, 9.17) is 0 Å². The zero-order chi connectivity index (χ0) is 18.6. The van der Waals surface area contributed by atoms with Crippen LogP contribution in [0.1, 0.15) is 49.5 Å². The number of likely N-dealkylation sites (tertiary alicyclic amines) is 1. The Balaban J connectivity index is 2.26. The molecule has 5 nitrogen and oxygen atoms in total. The smallest absolute Gasteiger partial charge is 0.241 e. The van der Waals surface area contributed by atoms with Gasteiger partial charge >= 0.3 is 0 Å². The van der Waals surface area contributed by atoms with E-state index in [0.717, 1.165) is 31.0 Å². The van der Waals surface area contributed by atoms with Crippen LogP contribution in [0.15, 0.2) is 24.3 Å². The number of hydrogen-bond acceptors (Lipinski definition) is 4. The second-order valence-corrected chi connectivity index (χ2v) is 7.88. The lowest BCUT2D eigenvalue weighted by atomic mass is 9.84. The summed E-state index contributed by atoms with van der Waals surface area (Å²) in [5.74, 6) is -0.00631. The minimum absolute atomic E-state index is 0.00631. The van der Waals surface area contributed by atoms with Crippen molar-refractivity contribution >= 4 is 18.5 Å². The number of rotatable bonds is 6. The third-order valence-electron chi connectivity index (χ3n) is 4.84. The zero-order valence-corrected chi connectivity index (χ0v) is 15.6. The first-order chi connectivity index (χ1) is 11.8. The van der Waals surface area contributed by atoms with Gasteiger partial charge in [0.2, 0.25) is 5.91 Å². The monoisotopic (exact) mass is 344 g/mol. The maximum Gasteiger partial charge on any atom is 0.241 e. The normalized spacial score (nSPS) is 19.1. The first-order valence-corrected chi connectivity index (χ1v) is 8.78. The lowest BCUT2D eigenvalue weighted by Crippen LogP contribution is -2.54. The molecule has 1 aromatic carbocycles. The maximum atomic E-state index is 13.2. The van der Waals surface area contributed by atoms with Gasteiger partial charge in [0.1, 0.15) is 12.6 Å². The van der Waals surface area contributed by atoms with Gasteiger partial charge in [0.05, 0.1) is 12.1 Å². The van der Waals surface area contributed by atoms with Gasteiger partial charge in [-0.1, -0.05) is 45.0 Å². The van der Waals surface area contributed by atoms with Gasteiger partial charge in [-0.2, -0.15) is 0 Å². The highest BCUT2D eigenvalue weighted by molar-refractivity contribution is 5.86. The van der Waals surface area contributed by atoms with Gasteiger partial charge < -0.3 is 9.69 Å². The SMILES string of the molecule is CN(Cc1ccccc1C=O)C(C(=O)N1CCCC1C=O)C(C)(C)C. The summed E-state index contributed by atoms with van der Waals surface area (Å²) in [4.78, 5) is 39.5. The molecule has 0 N–H and O–H groups in total. The van der Waals surface area contributed by atoms with E-state index >= 15 is 0 Å². The van der Waals surface area contributed by atoms with Gasteiger partial charge in [-0.15, -0.1) is 0 Å². The Morgan fingerprint density at radius 1 is 1.32 bits per heavy atom. The summed E-state index contributed by atoms with van der Waals surface area (Å²) in [7, 11) is 1.90. The fraction of sp³-hybridized carbons (Fsp3) is 0.550. The van der Waals surface area contributed by atoms with E-state index in [1.54, 1.807) is 11.0 Å². The van der Waals surface area contributed by atoms with Crippen molar-refractivity contribution in [3.63, 3.8) is 0 Å². The largest absolute Gasteiger partial charge is 0.332 e. The van der Waals surface area contributed by atoms with Crippen LogP contribution in [0.2, 0.25) is 0 Å². The van der Waals surface area contributed by atoms with Crippen LogP contribution in [-0.2, 0) is 16.1 Å². The van der Waals surface area contributed by atoms with Gasteiger partial charge in [-0.3, -0.25) is 14.5 Å². The Labute approximate surface area is 150 Å². The molecular weight excluding hydrogens is 316 g/mol. The summed E-state index contributed by atoms with van der Waals surface area (Å²) in [6.07, 6.45) is 3.33. The van der Waals surface area contributed by atoms with Gasteiger partial charge in [0.25, 0.3) is 0 Å². The number of aldehydes is 2. The molecule has 25 heavy (non-hydrogen) atoms. The molecule has 1 amide bonds. The van der Waals surface area contributed by atoms with Crippen molar-refractivity contribution in [2.75, 3.05) is 13.6 Å². The molecule has 1 aliphatic heterocycles. The molecule has 0 radical (unpaired) electrons. The van der Waals surface area contributed by atoms with Crippen molar-refractivity contribution < 1.29 is 14.4 Å². The molecule has 0 bridgehead atoms. The third-order valence-corrected chi connectivity index (χ3v) is 4.84. The summed E-state index contributed by atoms with van der Waals surface area (Å²) in [6, 6.07) is 6.74. The predicted octanol–water partition coefficient (Wildman–Crippen LogP) is 2.54. The molecule has 2 unspecified atom stereocenters. The van der Waals surface area contributed by atoms with Crippen LogP contribution < -0.4 is 0 Å². The number of hydrogen-bond donors (Lipinski definition) is 0. The van der Waals surface area contributed by atoms with E-state index in [0.29, 0.717) is 18.7 Å². The van der Waals surface area contributed by atoms with Crippen molar-refractivity contribution in [2.45, 2.75) is 52.2 Å². The number of amides is 1. The number of carbonyl (C=O) groups is 3. The molecule has 2 atom stereocenters. The molecule has 1 aliphatic rings. The van der Waals surface area contributed by atoms with Crippen molar-refractivity contribution in [3.05, 3.63) is 35.4 Å². The Kier molecular flexibility index (Phi) is 6.11.